The van der Waals surface area contributed by atoms with Crippen molar-refractivity contribution in [3.63, 3.8) is 0 Å². The van der Waals surface area contributed by atoms with Gasteiger partial charge in [-0.3, -0.25) is 0 Å². The molecule has 0 saturated carbocycles. The van der Waals surface area contributed by atoms with E-state index in [-0.39, 0.29) is 6.10 Å². The SMILES string of the molecule is CCC(O)CCc1cccc(Cl)c1. The first-order valence-corrected chi connectivity index (χ1v) is 5.02. The van der Waals surface area contributed by atoms with E-state index in [1.807, 2.05) is 31.2 Å². The minimum Gasteiger partial charge on any atom is -0.393 e. The van der Waals surface area contributed by atoms with E-state index >= 15 is 0 Å². The highest BCUT2D eigenvalue weighted by Gasteiger charge is 2.01. The molecule has 0 spiro atoms. The van der Waals surface area contributed by atoms with Crippen LogP contribution in [-0.2, 0) is 6.42 Å². The van der Waals surface area contributed by atoms with Gasteiger partial charge in [0.15, 0.2) is 0 Å². The standard InChI is InChI=1S/C11H15ClO/c1-2-11(13)7-6-9-4-3-5-10(12)8-9/h3-5,8,11,13H,2,6-7H2,1H3. The zero-order valence-corrected chi connectivity index (χ0v) is 8.59. The lowest BCUT2D eigenvalue weighted by Crippen LogP contribution is -2.05. The van der Waals surface area contributed by atoms with E-state index in [0.717, 1.165) is 24.3 Å². The molecule has 0 amide bonds. The van der Waals surface area contributed by atoms with Crippen molar-refractivity contribution < 1.29 is 5.11 Å². The Hall–Kier alpha value is -0.530. The Morgan fingerprint density at radius 2 is 2.23 bits per heavy atom. The lowest BCUT2D eigenvalue weighted by atomic mass is 10.1. The molecule has 2 heteroatoms. The second kappa shape index (κ2) is 5.25. The summed E-state index contributed by atoms with van der Waals surface area (Å²) in [7, 11) is 0. The van der Waals surface area contributed by atoms with Crippen molar-refractivity contribution in [2.24, 2.45) is 0 Å². The van der Waals surface area contributed by atoms with Crippen LogP contribution in [0.2, 0.25) is 5.02 Å². The van der Waals surface area contributed by atoms with Crippen LogP contribution in [0, 0.1) is 0 Å². The molecule has 1 aromatic carbocycles. The van der Waals surface area contributed by atoms with Gasteiger partial charge in [-0.25, -0.2) is 0 Å². The summed E-state index contributed by atoms with van der Waals surface area (Å²) >= 11 is 5.83. The van der Waals surface area contributed by atoms with Crippen LogP contribution in [0.4, 0.5) is 0 Å². The Morgan fingerprint density at radius 1 is 1.46 bits per heavy atom. The fraction of sp³-hybridized carbons (Fsp3) is 0.455. The summed E-state index contributed by atoms with van der Waals surface area (Å²) in [6, 6.07) is 7.79. The Bertz CT molecular complexity index is 260. The third kappa shape index (κ3) is 3.79. The lowest BCUT2D eigenvalue weighted by Gasteiger charge is -2.07. The fourth-order valence-corrected chi connectivity index (χ4v) is 1.44. The van der Waals surface area contributed by atoms with Gasteiger partial charge in [0.25, 0.3) is 0 Å². The normalized spacial score (nSPS) is 12.8. The monoisotopic (exact) mass is 198 g/mol. The molecular formula is C11H15ClO. The van der Waals surface area contributed by atoms with Crippen LogP contribution < -0.4 is 0 Å². The summed E-state index contributed by atoms with van der Waals surface area (Å²) < 4.78 is 0. The van der Waals surface area contributed by atoms with Crippen LogP contribution in [-0.4, -0.2) is 11.2 Å². The zero-order chi connectivity index (χ0) is 9.68. The number of aliphatic hydroxyl groups is 1. The molecule has 1 rings (SSSR count). The average Bonchev–Trinajstić information content (AvgIpc) is 2.14. The van der Waals surface area contributed by atoms with Crippen molar-refractivity contribution in [3.8, 4) is 0 Å². The van der Waals surface area contributed by atoms with Crippen LogP contribution in [0.15, 0.2) is 24.3 Å². The highest BCUT2D eigenvalue weighted by molar-refractivity contribution is 6.30. The maximum atomic E-state index is 9.36. The van der Waals surface area contributed by atoms with E-state index in [2.05, 4.69) is 0 Å². The van der Waals surface area contributed by atoms with Gasteiger partial charge in [-0.2, -0.15) is 0 Å². The maximum absolute atomic E-state index is 9.36. The lowest BCUT2D eigenvalue weighted by molar-refractivity contribution is 0.160. The largest absolute Gasteiger partial charge is 0.393 e. The Morgan fingerprint density at radius 3 is 2.85 bits per heavy atom. The molecule has 0 bridgehead atoms. The molecule has 1 atom stereocenters. The summed E-state index contributed by atoms with van der Waals surface area (Å²) in [4.78, 5) is 0. The van der Waals surface area contributed by atoms with Crippen molar-refractivity contribution in [2.75, 3.05) is 0 Å². The van der Waals surface area contributed by atoms with Crippen LogP contribution in [0.25, 0.3) is 0 Å². The number of hydrogen-bond donors (Lipinski definition) is 1. The third-order valence-corrected chi connectivity index (χ3v) is 2.36. The van der Waals surface area contributed by atoms with Gasteiger partial charge in [0, 0.05) is 5.02 Å². The maximum Gasteiger partial charge on any atom is 0.0540 e. The Kier molecular flexibility index (Phi) is 4.26. The molecule has 0 aliphatic carbocycles. The third-order valence-electron chi connectivity index (χ3n) is 2.13. The Labute approximate surface area is 84.4 Å². The number of aliphatic hydroxyl groups excluding tert-OH is 1. The van der Waals surface area contributed by atoms with E-state index in [4.69, 9.17) is 11.6 Å². The van der Waals surface area contributed by atoms with E-state index in [0.29, 0.717) is 0 Å². The van der Waals surface area contributed by atoms with Gasteiger partial charge >= 0.3 is 0 Å². The second-order valence-corrected chi connectivity index (χ2v) is 3.67. The molecule has 1 aromatic rings. The van der Waals surface area contributed by atoms with Crippen molar-refractivity contribution in [2.45, 2.75) is 32.3 Å². The van der Waals surface area contributed by atoms with Crippen LogP contribution in [0.1, 0.15) is 25.3 Å². The summed E-state index contributed by atoms with van der Waals surface area (Å²) in [5.41, 5.74) is 1.19. The quantitative estimate of drug-likeness (QED) is 0.789. The summed E-state index contributed by atoms with van der Waals surface area (Å²) in [6.07, 6.45) is 2.35. The van der Waals surface area contributed by atoms with E-state index < -0.39 is 0 Å². The van der Waals surface area contributed by atoms with Gasteiger partial charge in [-0.15, -0.1) is 0 Å². The minimum atomic E-state index is -0.181. The molecule has 0 radical (unpaired) electrons. The number of hydrogen-bond acceptors (Lipinski definition) is 1. The number of benzene rings is 1. The highest BCUT2D eigenvalue weighted by Crippen LogP contribution is 2.13. The summed E-state index contributed by atoms with van der Waals surface area (Å²) in [5.74, 6) is 0. The van der Waals surface area contributed by atoms with Crippen molar-refractivity contribution in [1.29, 1.82) is 0 Å². The van der Waals surface area contributed by atoms with Gasteiger partial charge in [-0.05, 0) is 37.0 Å². The molecule has 0 aromatic heterocycles. The molecule has 1 unspecified atom stereocenters. The summed E-state index contributed by atoms with van der Waals surface area (Å²) in [5, 5.41) is 10.1. The molecule has 1 nitrogen and oxygen atoms in total. The predicted molar refractivity (Wildman–Crippen MR) is 56.1 cm³/mol. The molecule has 0 heterocycles. The van der Waals surface area contributed by atoms with Crippen LogP contribution in [0.3, 0.4) is 0 Å². The molecule has 0 fully saturated rings. The van der Waals surface area contributed by atoms with Crippen molar-refractivity contribution in [3.05, 3.63) is 34.9 Å². The topological polar surface area (TPSA) is 20.2 Å². The van der Waals surface area contributed by atoms with Gasteiger partial charge in [0.1, 0.15) is 0 Å². The number of aryl methyl sites for hydroxylation is 1. The van der Waals surface area contributed by atoms with Gasteiger partial charge in [-0.1, -0.05) is 30.7 Å². The fourth-order valence-electron chi connectivity index (χ4n) is 1.23. The van der Waals surface area contributed by atoms with E-state index in [9.17, 15) is 5.11 Å². The first-order valence-electron chi connectivity index (χ1n) is 4.65. The van der Waals surface area contributed by atoms with Crippen LogP contribution in [0.5, 0.6) is 0 Å². The van der Waals surface area contributed by atoms with Crippen molar-refractivity contribution >= 4 is 11.6 Å². The smallest absolute Gasteiger partial charge is 0.0540 e. The molecular weight excluding hydrogens is 184 g/mol. The van der Waals surface area contributed by atoms with Gasteiger partial charge in [0.05, 0.1) is 6.10 Å². The average molecular weight is 199 g/mol. The van der Waals surface area contributed by atoms with Gasteiger partial charge < -0.3 is 5.11 Å². The van der Waals surface area contributed by atoms with E-state index in [1.54, 1.807) is 0 Å². The first kappa shape index (κ1) is 10.6. The molecule has 1 N–H and O–H groups in total. The molecule has 13 heavy (non-hydrogen) atoms. The predicted octanol–water partition coefficient (Wildman–Crippen LogP) is 3.04. The Balaban J connectivity index is 2.45. The van der Waals surface area contributed by atoms with Crippen LogP contribution >= 0.6 is 11.6 Å². The minimum absolute atomic E-state index is 0.181. The first-order chi connectivity index (χ1) is 6.22. The highest BCUT2D eigenvalue weighted by atomic mass is 35.5. The second-order valence-electron chi connectivity index (χ2n) is 3.23. The summed E-state index contributed by atoms with van der Waals surface area (Å²) in [6.45, 7) is 1.99. The van der Waals surface area contributed by atoms with Crippen molar-refractivity contribution in [1.82, 2.24) is 0 Å². The van der Waals surface area contributed by atoms with Gasteiger partial charge in [0.2, 0.25) is 0 Å². The van der Waals surface area contributed by atoms with E-state index in [1.165, 1.54) is 5.56 Å². The number of rotatable bonds is 4. The molecule has 0 saturated heterocycles. The number of halogens is 1. The molecule has 0 aliphatic rings. The molecule has 0 aliphatic heterocycles. The molecule has 72 valence electrons. The zero-order valence-electron chi connectivity index (χ0n) is 7.83.